The Bertz CT molecular complexity index is 43.0. The number of carbonyl (C=O) groups is 1. The van der Waals surface area contributed by atoms with Gasteiger partial charge in [0.15, 0.2) is 23.3 Å². The molecule has 5 heteroatoms. The molecule has 0 aliphatic rings. The van der Waals surface area contributed by atoms with Gasteiger partial charge in [-0.25, -0.2) is 0 Å². The third-order valence-corrected chi connectivity index (χ3v) is 0. The van der Waals surface area contributed by atoms with Crippen LogP contribution in [-0.2, 0) is 21.9 Å². The maximum absolute atomic E-state index is 8.89. The standard InChI is InChI=1S/C2H3O2.Al.Fe.Na.4H/c1-2(3)4;;;;;;;/h1H2,(H,3,4);;;;;;;/q-1;;;+1;;;;-1. The van der Waals surface area contributed by atoms with Gasteiger partial charge in [-0.1, -0.05) is 0 Å². The van der Waals surface area contributed by atoms with Gasteiger partial charge in [-0.3, -0.25) is 11.7 Å². The zero-order valence-corrected chi connectivity index (χ0v) is 6.52. The Kier molecular flexibility index (Phi) is 53.2. The molecular weight excluding hydrogens is 162 g/mol. The van der Waals surface area contributed by atoms with Crippen LogP contribution in [0.1, 0.15) is 1.43 Å². The molecule has 0 aromatic rings. The van der Waals surface area contributed by atoms with Gasteiger partial charge < -0.3 is 6.53 Å². The summed E-state index contributed by atoms with van der Waals surface area (Å²) < 4.78 is 0. The van der Waals surface area contributed by atoms with Crippen LogP contribution >= 0.6 is 0 Å². The van der Waals surface area contributed by atoms with Gasteiger partial charge in [0.05, 0.1) is 0 Å². The zero-order valence-electron chi connectivity index (χ0n) is 4.42. The van der Waals surface area contributed by atoms with Gasteiger partial charge in [0.25, 0.3) is 0 Å². The van der Waals surface area contributed by atoms with Crippen molar-refractivity contribution in [3.8, 4) is 0 Å². The van der Waals surface area contributed by atoms with Crippen LogP contribution in [0, 0.1) is 6.92 Å². The summed E-state index contributed by atoms with van der Waals surface area (Å²) >= 11 is 0. The van der Waals surface area contributed by atoms with E-state index in [0.29, 0.717) is 0 Å². The summed E-state index contributed by atoms with van der Waals surface area (Å²) in [6.45, 7) is 2.56. The van der Waals surface area contributed by atoms with Crippen molar-refractivity contribution < 1.29 is 58.0 Å². The summed E-state index contributed by atoms with van der Waals surface area (Å²) in [7, 11) is 0. The van der Waals surface area contributed by atoms with Crippen LogP contribution in [0.5, 0.6) is 0 Å². The van der Waals surface area contributed by atoms with E-state index in [1.54, 1.807) is 0 Å². The average Bonchev–Trinajstić information content (AvgIpc) is 0.811. The molecule has 0 atom stereocenters. The Morgan fingerprint density at radius 1 is 1.71 bits per heavy atom. The first-order chi connectivity index (χ1) is 1.73. The second-order valence-corrected chi connectivity index (χ2v) is 0.394. The number of aliphatic carboxylic acids is 1. The molecule has 0 radical (unpaired) electrons. The Morgan fingerprint density at radius 2 is 1.71 bits per heavy atom. The number of hydrogen-bond acceptors (Lipinski definition) is 1. The van der Waals surface area contributed by atoms with E-state index in [4.69, 9.17) is 9.90 Å². The summed E-state index contributed by atoms with van der Waals surface area (Å²) in [5.74, 6) is -1.08. The number of carboxylic acids is 1. The van der Waals surface area contributed by atoms with Gasteiger partial charge in [-0.15, -0.1) is 0 Å². The second-order valence-electron chi connectivity index (χ2n) is 0.394. The van der Waals surface area contributed by atoms with E-state index in [1.165, 1.54) is 0 Å². The van der Waals surface area contributed by atoms with Gasteiger partial charge in [0.1, 0.15) is 0 Å². The van der Waals surface area contributed by atoms with E-state index in [9.17, 15) is 0 Å². The molecule has 1 N–H and O–H groups in total. The van der Waals surface area contributed by atoms with E-state index in [-0.39, 0.29) is 65.4 Å². The Morgan fingerprint density at radius 3 is 1.71 bits per heavy atom. The van der Waals surface area contributed by atoms with E-state index < -0.39 is 5.97 Å². The fourth-order valence-corrected chi connectivity index (χ4v) is 0. The monoisotopic (exact) mass is 169 g/mol. The molecule has 7 heavy (non-hydrogen) atoms. The quantitative estimate of drug-likeness (QED) is 0.295. The number of carboxylic acid groups (broad SMARTS) is 1. The summed E-state index contributed by atoms with van der Waals surface area (Å²) in [6, 6.07) is 0. The Balaban J connectivity index is -0.00000000750. The van der Waals surface area contributed by atoms with Crippen molar-refractivity contribution in [2.75, 3.05) is 0 Å². The van der Waals surface area contributed by atoms with Crippen LogP contribution in [0.4, 0.5) is 0 Å². The minimum absolute atomic E-state index is 0. The van der Waals surface area contributed by atoms with Crippen molar-refractivity contribution in [1.82, 2.24) is 0 Å². The molecule has 0 aromatic heterocycles. The first kappa shape index (κ1) is 23.8. The van der Waals surface area contributed by atoms with Crippen LogP contribution in [0.15, 0.2) is 0 Å². The third kappa shape index (κ3) is 111. The van der Waals surface area contributed by atoms with Crippen LogP contribution in [0.3, 0.4) is 0 Å². The third-order valence-electron chi connectivity index (χ3n) is 0. The normalized spacial score (nSPS) is 3.43. The fraction of sp³-hybridized carbons (Fsp3) is 0. The van der Waals surface area contributed by atoms with Crippen molar-refractivity contribution in [2.24, 2.45) is 0 Å². The Hall–Kier alpha value is 1.39. The topological polar surface area (TPSA) is 37.3 Å². The minimum Gasteiger partial charge on any atom is -1.00 e. The van der Waals surface area contributed by atoms with Crippen molar-refractivity contribution in [3.05, 3.63) is 6.92 Å². The predicted octanol–water partition coefficient (Wildman–Crippen LogP) is -4.16. The van der Waals surface area contributed by atoms with Crippen LogP contribution in [0.25, 0.3) is 0 Å². The van der Waals surface area contributed by atoms with Crippen molar-refractivity contribution >= 4 is 23.3 Å². The molecule has 0 bridgehead atoms. The predicted molar refractivity (Wildman–Crippen MR) is 24.0 cm³/mol. The maximum atomic E-state index is 8.89. The molecule has 0 heterocycles. The molecule has 0 aromatic carbocycles. The van der Waals surface area contributed by atoms with Crippen molar-refractivity contribution in [1.29, 1.82) is 0 Å². The van der Waals surface area contributed by atoms with Crippen LogP contribution in [-0.4, -0.2) is 28.4 Å². The van der Waals surface area contributed by atoms with Crippen LogP contribution in [0.2, 0.25) is 0 Å². The van der Waals surface area contributed by atoms with Gasteiger partial charge in [-0.2, -0.15) is 0 Å². The molecule has 0 aliphatic carbocycles. The molecule has 40 valence electrons. The Labute approximate surface area is 87.4 Å². The molecule has 0 unspecified atom stereocenters. The van der Waals surface area contributed by atoms with E-state index in [1.807, 2.05) is 0 Å². The van der Waals surface area contributed by atoms with E-state index in [2.05, 4.69) is 6.92 Å². The van der Waals surface area contributed by atoms with E-state index in [0.717, 1.165) is 0 Å². The van der Waals surface area contributed by atoms with Gasteiger partial charge in [0.2, 0.25) is 0 Å². The molecule has 0 amide bonds. The first-order valence-electron chi connectivity index (χ1n) is 0.781. The molecule has 0 saturated heterocycles. The van der Waals surface area contributed by atoms with Crippen molar-refractivity contribution in [3.63, 3.8) is 0 Å². The molecule has 0 aliphatic heterocycles. The minimum atomic E-state index is -1.08. The fourth-order valence-electron chi connectivity index (χ4n) is 0. The van der Waals surface area contributed by atoms with Crippen molar-refractivity contribution in [2.45, 2.75) is 0 Å². The first-order valence-corrected chi connectivity index (χ1v) is 0.781. The summed E-state index contributed by atoms with van der Waals surface area (Å²) in [5.41, 5.74) is 0. The second kappa shape index (κ2) is 15.7. The largest absolute Gasteiger partial charge is 1.00 e. The SMILES string of the molecule is [AlH3].[CH2-]C(=O)O.[Fe].[H-].[Na+]. The molecular formula is C2H7AlFeNaO2-. The summed E-state index contributed by atoms with van der Waals surface area (Å²) in [6.07, 6.45) is 0. The maximum Gasteiger partial charge on any atom is 1.00 e. The van der Waals surface area contributed by atoms with E-state index >= 15 is 0 Å². The number of hydrogen-bond donors (Lipinski definition) is 1. The van der Waals surface area contributed by atoms with Gasteiger partial charge in [0, 0.05) is 17.1 Å². The molecule has 0 saturated carbocycles. The summed E-state index contributed by atoms with van der Waals surface area (Å²) in [4.78, 5) is 8.89. The molecule has 0 fully saturated rings. The molecule has 0 rings (SSSR count). The smallest absolute Gasteiger partial charge is 1.00 e. The van der Waals surface area contributed by atoms with Crippen LogP contribution < -0.4 is 29.6 Å². The molecule has 0 spiro atoms. The average molecular weight is 169 g/mol. The number of rotatable bonds is 0. The zero-order chi connectivity index (χ0) is 3.58. The molecule has 2 nitrogen and oxygen atoms in total. The van der Waals surface area contributed by atoms with Gasteiger partial charge in [-0.05, 0) is 0 Å². The summed E-state index contributed by atoms with van der Waals surface area (Å²) in [5, 5.41) is 7.31. The van der Waals surface area contributed by atoms with Gasteiger partial charge >= 0.3 is 29.6 Å².